The molecule has 3 heterocycles. The molecule has 0 spiro atoms. The molecule has 0 bridgehead atoms. The van der Waals surface area contributed by atoms with Gasteiger partial charge >= 0.3 is 0 Å². The number of H-pyrrole nitrogens is 1. The lowest BCUT2D eigenvalue weighted by atomic mass is 10.00. The number of nitrogens with one attached hydrogen (secondary N) is 2. The van der Waals surface area contributed by atoms with Gasteiger partial charge in [0, 0.05) is 12.4 Å². The summed E-state index contributed by atoms with van der Waals surface area (Å²) >= 11 is 0. The number of rotatable bonds is 2. The monoisotopic (exact) mass is 201 g/mol. The number of nitrogens with zero attached hydrogens (tertiary/aromatic N) is 1. The first-order chi connectivity index (χ1) is 7.42. The van der Waals surface area contributed by atoms with Gasteiger partial charge in [-0.1, -0.05) is 0 Å². The van der Waals surface area contributed by atoms with E-state index in [0.29, 0.717) is 0 Å². The van der Waals surface area contributed by atoms with E-state index in [1.165, 1.54) is 18.5 Å². The zero-order valence-electron chi connectivity index (χ0n) is 8.66. The molecule has 2 N–H and O–H groups in total. The fraction of sp³-hybridized carbons (Fsp3) is 0.417. The molecule has 1 aliphatic rings. The third kappa shape index (κ3) is 1.75. The maximum absolute atomic E-state index is 4.43. The number of hydrogen-bond donors (Lipinski definition) is 2. The minimum Gasteiger partial charge on any atom is -0.360 e. The Bertz CT molecular complexity index is 455. The topological polar surface area (TPSA) is 40.7 Å². The van der Waals surface area contributed by atoms with Crippen molar-refractivity contribution in [2.75, 3.05) is 13.1 Å². The van der Waals surface area contributed by atoms with E-state index in [-0.39, 0.29) is 0 Å². The molecule has 1 saturated heterocycles. The lowest BCUT2D eigenvalue weighted by Crippen LogP contribution is -2.10. The van der Waals surface area contributed by atoms with Crippen molar-refractivity contribution in [3.63, 3.8) is 0 Å². The molecule has 2 aromatic rings. The molecular formula is C12H15N3. The molecule has 0 aromatic carbocycles. The number of aromatic nitrogens is 2. The van der Waals surface area contributed by atoms with Gasteiger partial charge in [-0.05, 0) is 49.5 Å². The molecule has 78 valence electrons. The first-order valence-corrected chi connectivity index (χ1v) is 5.54. The van der Waals surface area contributed by atoms with E-state index in [2.05, 4.69) is 21.4 Å². The SMILES string of the molecule is c1cc2ncc(C[C@H]3CCNC3)cc2[nH]1. The molecule has 1 aliphatic heterocycles. The average molecular weight is 201 g/mol. The van der Waals surface area contributed by atoms with Crippen molar-refractivity contribution in [1.82, 2.24) is 15.3 Å². The zero-order chi connectivity index (χ0) is 10.1. The maximum Gasteiger partial charge on any atom is 0.0878 e. The minimum absolute atomic E-state index is 0.791. The van der Waals surface area contributed by atoms with Crippen LogP contribution in [0.1, 0.15) is 12.0 Å². The summed E-state index contributed by atoms with van der Waals surface area (Å²) in [6, 6.07) is 4.23. The second-order valence-corrected chi connectivity index (χ2v) is 4.32. The van der Waals surface area contributed by atoms with Crippen molar-refractivity contribution in [2.45, 2.75) is 12.8 Å². The van der Waals surface area contributed by atoms with Crippen molar-refractivity contribution in [2.24, 2.45) is 5.92 Å². The van der Waals surface area contributed by atoms with Crippen LogP contribution in [0.5, 0.6) is 0 Å². The van der Waals surface area contributed by atoms with Crippen LogP contribution in [-0.2, 0) is 6.42 Å². The number of aromatic amines is 1. The second-order valence-electron chi connectivity index (χ2n) is 4.32. The van der Waals surface area contributed by atoms with Crippen molar-refractivity contribution in [3.05, 3.63) is 30.1 Å². The fourth-order valence-electron chi connectivity index (χ4n) is 2.31. The molecule has 1 fully saturated rings. The largest absolute Gasteiger partial charge is 0.360 e. The number of hydrogen-bond acceptors (Lipinski definition) is 2. The van der Waals surface area contributed by atoms with Crippen molar-refractivity contribution in [3.8, 4) is 0 Å². The Morgan fingerprint density at radius 2 is 2.47 bits per heavy atom. The van der Waals surface area contributed by atoms with Crippen molar-refractivity contribution in [1.29, 1.82) is 0 Å². The Morgan fingerprint density at radius 1 is 1.47 bits per heavy atom. The molecule has 0 radical (unpaired) electrons. The van der Waals surface area contributed by atoms with Crippen molar-refractivity contribution < 1.29 is 0 Å². The Kier molecular flexibility index (Phi) is 2.18. The molecule has 0 unspecified atom stereocenters. The van der Waals surface area contributed by atoms with E-state index < -0.39 is 0 Å². The highest BCUT2D eigenvalue weighted by Crippen LogP contribution is 2.17. The van der Waals surface area contributed by atoms with Crippen molar-refractivity contribution >= 4 is 11.0 Å². The Morgan fingerprint density at radius 3 is 3.33 bits per heavy atom. The molecular weight excluding hydrogens is 186 g/mol. The van der Waals surface area contributed by atoms with Crippen LogP contribution in [0, 0.1) is 5.92 Å². The zero-order valence-corrected chi connectivity index (χ0v) is 8.66. The first-order valence-electron chi connectivity index (χ1n) is 5.54. The molecule has 0 saturated carbocycles. The van der Waals surface area contributed by atoms with E-state index in [9.17, 15) is 0 Å². The van der Waals surface area contributed by atoms with Crippen LogP contribution >= 0.6 is 0 Å². The molecule has 2 aromatic heterocycles. The van der Waals surface area contributed by atoms with Gasteiger partial charge in [0.05, 0.1) is 11.0 Å². The minimum atomic E-state index is 0.791. The quantitative estimate of drug-likeness (QED) is 0.776. The smallest absolute Gasteiger partial charge is 0.0878 e. The summed E-state index contributed by atoms with van der Waals surface area (Å²) in [5.74, 6) is 0.791. The summed E-state index contributed by atoms with van der Waals surface area (Å²) in [6.45, 7) is 2.33. The number of fused-ring (bicyclic) bond motifs is 1. The van der Waals surface area contributed by atoms with Crippen LogP contribution in [0.3, 0.4) is 0 Å². The third-order valence-electron chi connectivity index (χ3n) is 3.14. The standard InChI is InChI=1S/C12H15N3/c1-3-13-7-9(1)5-10-6-12-11(15-8-10)2-4-14-12/h2,4,6,8-9,13-14H,1,3,5,7H2/t9-/m1/s1. The van der Waals surface area contributed by atoms with Gasteiger partial charge in [-0.2, -0.15) is 0 Å². The van der Waals surface area contributed by atoms with Gasteiger partial charge < -0.3 is 10.3 Å². The van der Waals surface area contributed by atoms with Gasteiger partial charge in [0.15, 0.2) is 0 Å². The summed E-state index contributed by atoms with van der Waals surface area (Å²) in [4.78, 5) is 7.64. The fourth-order valence-corrected chi connectivity index (χ4v) is 2.31. The van der Waals surface area contributed by atoms with Gasteiger partial charge in [-0.15, -0.1) is 0 Å². The summed E-state index contributed by atoms with van der Waals surface area (Å²) in [5, 5.41) is 3.40. The van der Waals surface area contributed by atoms with E-state index in [0.717, 1.165) is 29.9 Å². The lowest BCUT2D eigenvalue weighted by Gasteiger charge is -2.07. The molecule has 15 heavy (non-hydrogen) atoms. The predicted molar refractivity (Wildman–Crippen MR) is 60.8 cm³/mol. The van der Waals surface area contributed by atoms with Crippen LogP contribution in [0.25, 0.3) is 11.0 Å². The van der Waals surface area contributed by atoms with Crippen LogP contribution in [0.2, 0.25) is 0 Å². The predicted octanol–water partition coefficient (Wildman–Crippen LogP) is 1.71. The highest BCUT2D eigenvalue weighted by molar-refractivity contribution is 5.74. The molecule has 3 heteroatoms. The Hall–Kier alpha value is -1.35. The molecule has 3 rings (SSSR count). The Balaban J connectivity index is 1.84. The van der Waals surface area contributed by atoms with E-state index >= 15 is 0 Å². The van der Waals surface area contributed by atoms with Gasteiger partial charge in [-0.25, -0.2) is 0 Å². The lowest BCUT2D eigenvalue weighted by molar-refractivity contribution is 0.579. The van der Waals surface area contributed by atoms with E-state index in [4.69, 9.17) is 0 Å². The van der Waals surface area contributed by atoms with Crippen LogP contribution in [0.4, 0.5) is 0 Å². The summed E-state index contributed by atoms with van der Waals surface area (Å²) in [6.07, 6.45) is 6.39. The normalized spacial score (nSPS) is 21.2. The van der Waals surface area contributed by atoms with E-state index in [1.807, 2.05) is 18.5 Å². The summed E-state index contributed by atoms with van der Waals surface area (Å²) in [5.41, 5.74) is 3.56. The second kappa shape index (κ2) is 3.66. The van der Waals surface area contributed by atoms with E-state index in [1.54, 1.807) is 0 Å². The highest BCUT2D eigenvalue weighted by atomic mass is 14.9. The molecule has 3 nitrogen and oxygen atoms in total. The molecule has 0 amide bonds. The average Bonchev–Trinajstić information content (AvgIpc) is 2.87. The van der Waals surface area contributed by atoms with Gasteiger partial charge in [0.25, 0.3) is 0 Å². The first kappa shape index (κ1) is 8.92. The van der Waals surface area contributed by atoms with Gasteiger partial charge in [0.2, 0.25) is 0 Å². The summed E-state index contributed by atoms with van der Waals surface area (Å²) < 4.78 is 0. The van der Waals surface area contributed by atoms with Crippen LogP contribution in [0.15, 0.2) is 24.5 Å². The molecule has 0 aliphatic carbocycles. The highest BCUT2D eigenvalue weighted by Gasteiger charge is 2.15. The number of pyridine rings is 1. The maximum atomic E-state index is 4.43. The summed E-state index contributed by atoms with van der Waals surface area (Å²) in [7, 11) is 0. The third-order valence-corrected chi connectivity index (χ3v) is 3.14. The Labute approximate surface area is 88.9 Å². The van der Waals surface area contributed by atoms with Gasteiger partial charge in [0.1, 0.15) is 0 Å². The van der Waals surface area contributed by atoms with Crippen LogP contribution < -0.4 is 5.32 Å². The van der Waals surface area contributed by atoms with Gasteiger partial charge in [-0.3, -0.25) is 4.98 Å². The van der Waals surface area contributed by atoms with Crippen LogP contribution in [-0.4, -0.2) is 23.1 Å². The molecule has 1 atom stereocenters.